The number of nitrogens with two attached hydrogens (primary N) is 1. The molecule has 0 saturated heterocycles. The Balaban J connectivity index is 2.31. The highest BCUT2D eigenvalue weighted by Crippen LogP contribution is 2.15. The number of sulfonamides is 1. The second-order valence-corrected chi connectivity index (χ2v) is 6.22. The van der Waals surface area contributed by atoms with E-state index in [-0.39, 0.29) is 16.0 Å². The van der Waals surface area contributed by atoms with E-state index in [1.54, 1.807) is 0 Å². The van der Waals surface area contributed by atoms with E-state index >= 15 is 0 Å². The van der Waals surface area contributed by atoms with Crippen molar-refractivity contribution in [2.24, 2.45) is 0 Å². The molecule has 7 nitrogen and oxygen atoms in total. The zero-order valence-corrected chi connectivity index (χ0v) is 11.2. The molecule has 0 aliphatic heterocycles. The van der Waals surface area contributed by atoms with E-state index in [0.29, 0.717) is 13.2 Å². The molecule has 0 spiro atoms. The van der Waals surface area contributed by atoms with Gasteiger partial charge in [-0.2, -0.15) is 0 Å². The number of nitrogens with one attached hydrogen (secondary N) is 1. The maximum atomic E-state index is 11.6. The predicted molar refractivity (Wildman–Crippen MR) is 65.2 cm³/mol. The number of ether oxygens (including phenoxy) is 1. The molecule has 1 aromatic rings. The lowest BCUT2D eigenvalue weighted by Gasteiger charge is -2.04. The summed E-state index contributed by atoms with van der Waals surface area (Å²) in [6.45, 7) is 3.26. The van der Waals surface area contributed by atoms with Crippen LogP contribution in [-0.2, 0) is 14.8 Å². The van der Waals surface area contributed by atoms with E-state index in [4.69, 9.17) is 10.5 Å². The van der Waals surface area contributed by atoms with E-state index in [1.807, 2.05) is 0 Å². The molecule has 9 heteroatoms. The van der Waals surface area contributed by atoms with Crippen LogP contribution in [0.3, 0.4) is 0 Å². The van der Waals surface area contributed by atoms with E-state index in [0.717, 1.165) is 24.2 Å². The third kappa shape index (κ3) is 4.94. The summed E-state index contributed by atoms with van der Waals surface area (Å²) in [5.74, 6) is 0. The van der Waals surface area contributed by atoms with Crippen LogP contribution >= 0.6 is 11.3 Å². The fourth-order valence-corrected chi connectivity index (χ4v) is 2.83. The van der Waals surface area contributed by atoms with Crippen LogP contribution in [0.4, 0.5) is 5.13 Å². The van der Waals surface area contributed by atoms with Crippen molar-refractivity contribution in [3.05, 3.63) is 0 Å². The molecule has 17 heavy (non-hydrogen) atoms. The minimum Gasteiger partial charge on any atom is -0.380 e. The fraction of sp³-hybridized carbons (Fsp3) is 0.750. The maximum absolute atomic E-state index is 11.6. The average molecular weight is 280 g/mol. The van der Waals surface area contributed by atoms with E-state index in [1.165, 1.54) is 0 Å². The molecule has 0 bridgehead atoms. The second-order valence-electron chi connectivity index (χ2n) is 3.27. The number of hydrogen-bond donors (Lipinski definition) is 2. The highest BCUT2D eigenvalue weighted by atomic mass is 32.2. The van der Waals surface area contributed by atoms with Gasteiger partial charge < -0.3 is 10.5 Å². The van der Waals surface area contributed by atoms with Gasteiger partial charge in [0.2, 0.25) is 9.47 Å². The number of nitrogen functional groups attached to an aromatic ring is 1. The largest absolute Gasteiger partial charge is 0.380 e. The standard InChI is InChI=1S/C8H16N4O3S2/c1-2-3-5-15-6-4-10-17(13,14)8-12-11-7(9)16-8/h10H,2-6H2,1H3,(H2,9,11). The predicted octanol–water partition coefficient (Wildman–Crippen LogP) is 0.215. The third-order valence-corrected chi connectivity index (χ3v) is 4.41. The van der Waals surface area contributed by atoms with Crippen molar-refractivity contribution in [2.45, 2.75) is 24.1 Å². The Bertz CT molecular complexity index is 432. The summed E-state index contributed by atoms with van der Waals surface area (Å²) in [5, 5.41) is 7.04. The minimum atomic E-state index is -3.60. The van der Waals surface area contributed by atoms with Crippen LogP contribution in [0.1, 0.15) is 19.8 Å². The average Bonchev–Trinajstić information content (AvgIpc) is 2.71. The van der Waals surface area contributed by atoms with Crippen LogP contribution in [0.25, 0.3) is 0 Å². The van der Waals surface area contributed by atoms with Gasteiger partial charge in [-0.3, -0.25) is 0 Å². The Kier molecular flexibility index (Phi) is 5.75. The number of nitrogens with zero attached hydrogens (tertiary/aromatic N) is 2. The number of unbranched alkanes of at least 4 members (excludes halogenated alkanes) is 1. The Hall–Kier alpha value is -0.770. The summed E-state index contributed by atoms with van der Waals surface area (Å²) in [5.41, 5.74) is 5.31. The maximum Gasteiger partial charge on any atom is 0.269 e. The molecule has 0 saturated carbocycles. The second kappa shape index (κ2) is 6.84. The van der Waals surface area contributed by atoms with Gasteiger partial charge in [0.15, 0.2) is 0 Å². The van der Waals surface area contributed by atoms with Gasteiger partial charge in [0.05, 0.1) is 6.61 Å². The van der Waals surface area contributed by atoms with Crippen molar-refractivity contribution in [2.75, 3.05) is 25.5 Å². The van der Waals surface area contributed by atoms with Crippen LogP contribution in [-0.4, -0.2) is 38.4 Å². The molecular formula is C8H16N4O3S2. The Morgan fingerprint density at radius 1 is 1.41 bits per heavy atom. The molecule has 0 aromatic carbocycles. The van der Waals surface area contributed by atoms with Gasteiger partial charge in [-0.05, 0) is 6.42 Å². The third-order valence-electron chi connectivity index (χ3n) is 1.83. The number of rotatable bonds is 8. The highest BCUT2D eigenvalue weighted by molar-refractivity contribution is 7.91. The lowest BCUT2D eigenvalue weighted by Crippen LogP contribution is -2.27. The van der Waals surface area contributed by atoms with Crippen molar-refractivity contribution >= 4 is 26.5 Å². The quantitative estimate of drug-likeness (QED) is 0.659. The van der Waals surface area contributed by atoms with E-state index < -0.39 is 10.0 Å². The zero-order valence-electron chi connectivity index (χ0n) is 9.55. The van der Waals surface area contributed by atoms with Crippen LogP contribution in [0, 0.1) is 0 Å². The molecule has 98 valence electrons. The van der Waals surface area contributed by atoms with Crippen LogP contribution in [0.15, 0.2) is 4.34 Å². The molecule has 0 fully saturated rings. The summed E-state index contributed by atoms with van der Waals surface area (Å²) < 4.78 is 30.7. The van der Waals surface area contributed by atoms with Gasteiger partial charge in [-0.1, -0.05) is 24.7 Å². The van der Waals surface area contributed by atoms with Gasteiger partial charge >= 0.3 is 0 Å². The molecule has 0 radical (unpaired) electrons. The van der Waals surface area contributed by atoms with Crippen molar-refractivity contribution in [3.8, 4) is 0 Å². The lowest BCUT2D eigenvalue weighted by molar-refractivity contribution is 0.136. The number of anilines is 1. The smallest absolute Gasteiger partial charge is 0.269 e. The molecule has 1 heterocycles. The first kappa shape index (κ1) is 14.3. The van der Waals surface area contributed by atoms with E-state index in [2.05, 4.69) is 21.8 Å². The molecule has 1 rings (SSSR count). The number of hydrogen-bond acceptors (Lipinski definition) is 7. The molecular weight excluding hydrogens is 264 g/mol. The van der Waals surface area contributed by atoms with Crippen LogP contribution < -0.4 is 10.5 Å². The summed E-state index contributed by atoms with van der Waals surface area (Å²) in [7, 11) is -3.60. The van der Waals surface area contributed by atoms with Crippen molar-refractivity contribution < 1.29 is 13.2 Å². The lowest BCUT2D eigenvalue weighted by atomic mass is 10.4. The Morgan fingerprint density at radius 2 is 2.18 bits per heavy atom. The van der Waals surface area contributed by atoms with Crippen molar-refractivity contribution in [1.82, 2.24) is 14.9 Å². The molecule has 0 aliphatic rings. The normalized spacial score (nSPS) is 11.8. The first-order valence-electron chi connectivity index (χ1n) is 5.22. The van der Waals surface area contributed by atoms with Gasteiger partial charge in [-0.25, -0.2) is 13.1 Å². The molecule has 1 aromatic heterocycles. The molecule has 0 amide bonds. The summed E-state index contributed by atoms with van der Waals surface area (Å²) >= 11 is 0.831. The summed E-state index contributed by atoms with van der Waals surface area (Å²) in [4.78, 5) is 0. The van der Waals surface area contributed by atoms with Gasteiger partial charge in [0.1, 0.15) is 0 Å². The SMILES string of the molecule is CCCCOCCNS(=O)(=O)c1nnc(N)s1. The Labute approximate surface area is 104 Å². The molecule has 0 unspecified atom stereocenters. The minimum absolute atomic E-state index is 0.122. The number of aromatic nitrogens is 2. The topological polar surface area (TPSA) is 107 Å². The monoisotopic (exact) mass is 280 g/mol. The first-order valence-corrected chi connectivity index (χ1v) is 7.52. The van der Waals surface area contributed by atoms with Crippen LogP contribution in [0.5, 0.6) is 0 Å². The Morgan fingerprint density at radius 3 is 2.76 bits per heavy atom. The van der Waals surface area contributed by atoms with Crippen LogP contribution in [0.2, 0.25) is 0 Å². The van der Waals surface area contributed by atoms with Gasteiger partial charge in [0.25, 0.3) is 10.0 Å². The van der Waals surface area contributed by atoms with Gasteiger partial charge in [-0.15, -0.1) is 10.2 Å². The summed E-state index contributed by atoms with van der Waals surface area (Å²) in [6, 6.07) is 0. The molecule has 0 aliphatic carbocycles. The fourth-order valence-electron chi connectivity index (χ4n) is 0.987. The highest BCUT2D eigenvalue weighted by Gasteiger charge is 2.18. The van der Waals surface area contributed by atoms with Crippen molar-refractivity contribution in [3.63, 3.8) is 0 Å². The van der Waals surface area contributed by atoms with Gasteiger partial charge in [0, 0.05) is 13.2 Å². The van der Waals surface area contributed by atoms with E-state index in [9.17, 15) is 8.42 Å². The zero-order chi connectivity index (χ0) is 12.7. The first-order chi connectivity index (χ1) is 8.06. The molecule has 3 N–H and O–H groups in total. The van der Waals surface area contributed by atoms with Crippen molar-refractivity contribution in [1.29, 1.82) is 0 Å². The summed E-state index contributed by atoms with van der Waals surface area (Å²) in [6.07, 6.45) is 2.02. The molecule has 0 atom stereocenters.